The van der Waals surface area contributed by atoms with Gasteiger partial charge in [-0.3, -0.25) is 9.59 Å². The van der Waals surface area contributed by atoms with Crippen LogP contribution in [-0.2, 0) is 9.59 Å². The van der Waals surface area contributed by atoms with Crippen molar-refractivity contribution in [1.82, 2.24) is 4.90 Å². The van der Waals surface area contributed by atoms with E-state index in [1.165, 1.54) is 0 Å². The molecule has 1 amide bonds. The molecule has 1 heterocycles. The van der Waals surface area contributed by atoms with Crippen LogP contribution in [0.5, 0.6) is 0 Å². The number of hydrogen-bond acceptors (Lipinski definition) is 2. The van der Waals surface area contributed by atoms with E-state index in [0.29, 0.717) is 47.8 Å². The van der Waals surface area contributed by atoms with Crippen LogP contribution in [0.4, 0.5) is 0 Å². The first-order valence-corrected chi connectivity index (χ1v) is 9.27. The number of carbonyl (C=O) groups is 2. The zero-order valence-electron chi connectivity index (χ0n) is 14.8. The van der Waals surface area contributed by atoms with Gasteiger partial charge >= 0.3 is 0 Å². The number of likely N-dealkylation sites (tertiary alicyclic amines) is 1. The zero-order valence-corrected chi connectivity index (χ0v) is 14.8. The van der Waals surface area contributed by atoms with E-state index in [2.05, 4.69) is 26.8 Å². The molecule has 126 valence electrons. The van der Waals surface area contributed by atoms with Crippen molar-refractivity contribution < 1.29 is 9.59 Å². The molecule has 0 bridgehead atoms. The number of amides is 1. The minimum Gasteiger partial charge on any atom is -0.342 e. The van der Waals surface area contributed by atoms with Gasteiger partial charge < -0.3 is 4.90 Å². The Morgan fingerprint density at radius 3 is 2.70 bits per heavy atom. The number of hydrogen-bond donors (Lipinski definition) is 0. The summed E-state index contributed by atoms with van der Waals surface area (Å²) in [5.74, 6) is 2.88. The summed E-state index contributed by atoms with van der Waals surface area (Å²) in [6.07, 6.45) is 9.03. The van der Waals surface area contributed by atoms with Crippen molar-refractivity contribution in [3.63, 3.8) is 0 Å². The first-order chi connectivity index (χ1) is 10.8. The molecule has 0 aromatic rings. The van der Waals surface area contributed by atoms with E-state index in [0.717, 1.165) is 25.7 Å². The molecule has 0 aromatic heterocycles. The lowest BCUT2D eigenvalue weighted by Crippen LogP contribution is -2.63. The normalized spacial score (nSPS) is 52.2. The van der Waals surface area contributed by atoms with Gasteiger partial charge in [0.05, 0.1) is 0 Å². The van der Waals surface area contributed by atoms with Gasteiger partial charge in [-0.05, 0) is 60.8 Å². The molecule has 0 N–H and O–H groups in total. The fraction of sp³-hybridized carbons (Fsp3) is 0.800. The number of fused-ring (bicyclic) bond motifs is 5. The average molecular weight is 315 g/mol. The molecule has 4 unspecified atom stereocenters. The second-order valence-electron chi connectivity index (χ2n) is 9.13. The molecular weight excluding hydrogens is 286 g/mol. The fourth-order valence-electron chi connectivity index (χ4n) is 6.72. The van der Waals surface area contributed by atoms with Gasteiger partial charge in [0.15, 0.2) is 5.78 Å². The van der Waals surface area contributed by atoms with Gasteiger partial charge in [0.1, 0.15) is 0 Å². The third-order valence-corrected chi connectivity index (χ3v) is 8.21. The predicted molar refractivity (Wildman–Crippen MR) is 89.6 cm³/mol. The van der Waals surface area contributed by atoms with E-state index in [9.17, 15) is 9.59 Å². The van der Waals surface area contributed by atoms with Crippen molar-refractivity contribution in [2.75, 3.05) is 7.05 Å². The molecule has 23 heavy (non-hydrogen) atoms. The zero-order chi connectivity index (χ0) is 16.6. The highest BCUT2D eigenvalue weighted by atomic mass is 16.2. The maximum atomic E-state index is 12.4. The van der Waals surface area contributed by atoms with Crippen molar-refractivity contribution >= 4 is 11.7 Å². The van der Waals surface area contributed by atoms with Crippen molar-refractivity contribution in [2.24, 2.45) is 34.5 Å². The Labute approximate surface area is 139 Å². The first-order valence-electron chi connectivity index (χ1n) is 9.27. The van der Waals surface area contributed by atoms with Gasteiger partial charge in [-0.1, -0.05) is 26.8 Å². The standard InChI is InChI=1S/C20H29NO2/c1-12-11-15-19(2,10-8-17(23)21(15)4)14-7-9-20(3)13(18(12)14)5-6-16(20)22/h5-6,12-15,18H,7-11H2,1-4H3/t12-,13?,14?,15?,18?,19+,20-/m0/s1. The summed E-state index contributed by atoms with van der Waals surface area (Å²) in [5, 5.41) is 0. The number of carbonyl (C=O) groups excluding carboxylic acids is 2. The van der Waals surface area contributed by atoms with Crippen LogP contribution in [0.15, 0.2) is 12.2 Å². The van der Waals surface area contributed by atoms with Crippen LogP contribution < -0.4 is 0 Å². The number of ketones is 1. The fourth-order valence-corrected chi connectivity index (χ4v) is 6.72. The summed E-state index contributed by atoms with van der Waals surface area (Å²) in [6, 6.07) is 0.380. The third kappa shape index (κ3) is 1.82. The highest BCUT2D eigenvalue weighted by Gasteiger charge is 2.61. The van der Waals surface area contributed by atoms with Gasteiger partial charge in [0.25, 0.3) is 0 Å². The Bertz CT molecular complexity index is 596. The molecule has 0 radical (unpaired) electrons. The summed E-state index contributed by atoms with van der Waals surface area (Å²) >= 11 is 0. The molecule has 3 nitrogen and oxygen atoms in total. The number of rotatable bonds is 0. The Hall–Kier alpha value is -1.12. The lowest BCUT2D eigenvalue weighted by Gasteiger charge is -2.62. The van der Waals surface area contributed by atoms with Gasteiger partial charge in [-0.15, -0.1) is 0 Å². The second kappa shape index (κ2) is 4.70. The maximum absolute atomic E-state index is 12.4. The monoisotopic (exact) mass is 315 g/mol. The van der Waals surface area contributed by atoms with Gasteiger partial charge in [0.2, 0.25) is 5.91 Å². The maximum Gasteiger partial charge on any atom is 0.222 e. The van der Waals surface area contributed by atoms with Crippen LogP contribution in [0.1, 0.15) is 52.9 Å². The van der Waals surface area contributed by atoms with Gasteiger partial charge in [0, 0.05) is 24.9 Å². The number of nitrogens with zero attached hydrogens (tertiary/aromatic N) is 1. The Balaban J connectivity index is 1.73. The van der Waals surface area contributed by atoms with E-state index in [-0.39, 0.29) is 10.8 Å². The van der Waals surface area contributed by atoms with Crippen LogP contribution in [0.25, 0.3) is 0 Å². The quantitative estimate of drug-likeness (QED) is 0.686. The van der Waals surface area contributed by atoms with E-state index < -0.39 is 0 Å². The summed E-state index contributed by atoms with van der Waals surface area (Å²) in [5.41, 5.74) is 0.0651. The van der Waals surface area contributed by atoms with Crippen LogP contribution in [-0.4, -0.2) is 29.7 Å². The molecule has 1 aliphatic heterocycles. The van der Waals surface area contributed by atoms with Crippen LogP contribution in [0.2, 0.25) is 0 Å². The van der Waals surface area contributed by atoms with Crippen LogP contribution in [0.3, 0.4) is 0 Å². The lowest BCUT2D eigenvalue weighted by atomic mass is 9.45. The molecule has 0 aromatic carbocycles. The number of piperidine rings is 1. The summed E-state index contributed by atoms with van der Waals surface area (Å²) < 4.78 is 0. The lowest BCUT2D eigenvalue weighted by molar-refractivity contribution is -0.164. The number of allylic oxidation sites excluding steroid dienone is 2. The van der Waals surface area contributed by atoms with E-state index in [4.69, 9.17) is 0 Å². The molecule has 3 aliphatic carbocycles. The smallest absolute Gasteiger partial charge is 0.222 e. The van der Waals surface area contributed by atoms with Crippen molar-refractivity contribution in [1.29, 1.82) is 0 Å². The summed E-state index contributed by atoms with van der Waals surface area (Å²) in [4.78, 5) is 26.7. The Kier molecular flexibility index (Phi) is 3.15. The Morgan fingerprint density at radius 1 is 1.22 bits per heavy atom. The topological polar surface area (TPSA) is 37.4 Å². The predicted octanol–water partition coefficient (Wildman–Crippen LogP) is 3.44. The second-order valence-corrected chi connectivity index (χ2v) is 9.13. The SMILES string of the molecule is C[C@H]1CC2N(C)C(=O)CC[C@]2(C)C2CC[C@]3(C)C(=O)C=CC3C21. The minimum atomic E-state index is -0.158. The van der Waals surface area contributed by atoms with E-state index in [1.54, 1.807) is 0 Å². The van der Waals surface area contributed by atoms with Crippen molar-refractivity contribution in [2.45, 2.75) is 58.9 Å². The highest BCUT2D eigenvalue weighted by molar-refractivity contribution is 5.97. The molecule has 4 rings (SSSR count). The van der Waals surface area contributed by atoms with Gasteiger partial charge in [-0.25, -0.2) is 0 Å². The molecular formula is C20H29NO2. The average Bonchev–Trinajstić information content (AvgIpc) is 2.82. The third-order valence-electron chi connectivity index (χ3n) is 8.21. The summed E-state index contributed by atoms with van der Waals surface area (Å²) in [7, 11) is 2.00. The van der Waals surface area contributed by atoms with Crippen molar-refractivity contribution in [3.05, 3.63) is 12.2 Å². The van der Waals surface area contributed by atoms with Crippen molar-refractivity contribution in [3.8, 4) is 0 Å². The summed E-state index contributed by atoms with van der Waals surface area (Å²) in [6.45, 7) is 6.97. The molecule has 2 saturated carbocycles. The molecule has 3 heteroatoms. The first kappa shape index (κ1) is 15.4. The Morgan fingerprint density at radius 2 is 1.96 bits per heavy atom. The van der Waals surface area contributed by atoms with Crippen LogP contribution in [0, 0.1) is 34.5 Å². The van der Waals surface area contributed by atoms with Crippen LogP contribution >= 0.6 is 0 Å². The highest BCUT2D eigenvalue weighted by Crippen LogP contribution is 2.63. The molecule has 7 atom stereocenters. The molecule has 3 fully saturated rings. The van der Waals surface area contributed by atoms with E-state index in [1.807, 2.05) is 18.0 Å². The molecule has 1 saturated heterocycles. The van der Waals surface area contributed by atoms with E-state index >= 15 is 0 Å². The van der Waals surface area contributed by atoms with Gasteiger partial charge in [-0.2, -0.15) is 0 Å². The largest absolute Gasteiger partial charge is 0.342 e. The molecule has 0 spiro atoms. The molecule has 4 aliphatic rings. The minimum absolute atomic E-state index is 0.158.